The van der Waals surface area contributed by atoms with E-state index in [1.54, 1.807) is 0 Å². The smallest absolute Gasteiger partial charge is 0.247 e. The minimum absolute atomic E-state index is 0.0386. The monoisotopic (exact) mass is 360 g/mol. The normalized spacial score (nSPS) is 12.1. The highest BCUT2D eigenvalue weighted by molar-refractivity contribution is 14.1. The van der Waals surface area contributed by atoms with Crippen LogP contribution < -0.4 is 10.6 Å². The molecule has 0 aromatic heterocycles. The lowest BCUT2D eigenvalue weighted by Gasteiger charge is -2.20. The molecule has 0 bridgehead atoms. The van der Waals surface area contributed by atoms with Crippen LogP contribution in [0.3, 0.4) is 0 Å². The Bertz CT molecular complexity index is 446. The fourth-order valence-corrected chi connectivity index (χ4v) is 2.08. The van der Waals surface area contributed by atoms with Gasteiger partial charge in [-0.2, -0.15) is 0 Å². The van der Waals surface area contributed by atoms with Crippen molar-refractivity contribution < 1.29 is 9.59 Å². The average molecular weight is 360 g/mol. The number of carbonyl (C=O) groups excluding carboxylic acids is 2. The summed E-state index contributed by atoms with van der Waals surface area (Å²) >= 11 is 2.18. The SMILES string of the molecule is CC(=O)N[C@H](C(=O)Nc1cccc(I)c1)C(C)C. The Morgan fingerprint density at radius 3 is 2.44 bits per heavy atom. The highest BCUT2D eigenvalue weighted by Gasteiger charge is 2.22. The molecule has 0 saturated carbocycles. The minimum atomic E-state index is -0.514. The number of hydrogen-bond donors (Lipinski definition) is 2. The second-order valence-electron chi connectivity index (χ2n) is 4.42. The van der Waals surface area contributed by atoms with Gasteiger partial charge in [-0.3, -0.25) is 9.59 Å². The standard InChI is InChI=1S/C13H17IN2O2/c1-8(2)12(15-9(3)17)13(18)16-11-6-4-5-10(14)7-11/h4-8,12H,1-3H3,(H,15,17)(H,16,18)/t12-/m0/s1. The lowest BCUT2D eigenvalue weighted by molar-refractivity contribution is -0.126. The first-order valence-corrected chi connectivity index (χ1v) is 6.81. The number of amides is 2. The fourth-order valence-electron chi connectivity index (χ4n) is 1.54. The number of benzene rings is 1. The van der Waals surface area contributed by atoms with Gasteiger partial charge in [-0.25, -0.2) is 0 Å². The largest absolute Gasteiger partial charge is 0.344 e. The second-order valence-corrected chi connectivity index (χ2v) is 5.67. The Morgan fingerprint density at radius 1 is 1.28 bits per heavy atom. The Labute approximate surface area is 121 Å². The van der Waals surface area contributed by atoms with Crippen LogP contribution in [-0.2, 0) is 9.59 Å². The van der Waals surface area contributed by atoms with E-state index in [9.17, 15) is 9.59 Å². The van der Waals surface area contributed by atoms with Crippen molar-refractivity contribution in [2.45, 2.75) is 26.8 Å². The molecule has 1 atom stereocenters. The number of carbonyl (C=O) groups is 2. The van der Waals surface area contributed by atoms with E-state index >= 15 is 0 Å². The third-order valence-corrected chi connectivity index (χ3v) is 3.07. The van der Waals surface area contributed by atoms with E-state index in [1.165, 1.54) is 6.92 Å². The first-order chi connectivity index (χ1) is 8.40. The van der Waals surface area contributed by atoms with Crippen LogP contribution >= 0.6 is 22.6 Å². The van der Waals surface area contributed by atoms with Crippen molar-refractivity contribution in [2.24, 2.45) is 5.92 Å². The number of hydrogen-bond acceptors (Lipinski definition) is 2. The van der Waals surface area contributed by atoms with E-state index in [0.717, 1.165) is 9.26 Å². The number of anilines is 1. The van der Waals surface area contributed by atoms with Crippen molar-refractivity contribution in [3.8, 4) is 0 Å². The second kappa shape index (κ2) is 6.72. The van der Waals surface area contributed by atoms with Gasteiger partial charge in [0, 0.05) is 16.2 Å². The average Bonchev–Trinajstić information content (AvgIpc) is 2.25. The summed E-state index contributed by atoms with van der Waals surface area (Å²) in [5.74, 6) is -0.356. The van der Waals surface area contributed by atoms with Crippen LogP contribution in [0.1, 0.15) is 20.8 Å². The molecule has 0 aliphatic rings. The molecule has 0 heterocycles. The molecule has 0 unspecified atom stereocenters. The zero-order chi connectivity index (χ0) is 13.7. The van der Waals surface area contributed by atoms with Gasteiger partial charge in [0.05, 0.1) is 0 Å². The molecular weight excluding hydrogens is 343 g/mol. The highest BCUT2D eigenvalue weighted by Crippen LogP contribution is 2.13. The van der Waals surface area contributed by atoms with Crippen LogP contribution in [0.5, 0.6) is 0 Å². The van der Waals surface area contributed by atoms with Crippen molar-refractivity contribution in [3.63, 3.8) is 0 Å². The Morgan fingerprint density at radius 2 is 1.94 bits per heavy atom. The molecule has 2 amide bonds. The summed E-state index contributed by atoms with van der Waals surface area (Å²) < 4.78 is 1.05. The van der Waals surface area contributed by atoms with Gasteiger partial charge < -0.3 is 10.6 Å². The molecule has 0 radical (unpaired) electrons. The van der Waals surface area contributed by atoms with E-state index in [4.69, 9.17) is 0 Å². The van der Waals surface area contributed by atoms with Crippen molar-refractivity contribution in [1.29, 1.82) is 0 Å². The summed E-state index contributed by atoms with van der Waals surface area (Å²) in [6.45, 7) is 5.21. The Balaban J connectivity index is 2.75. The molecule has 18 heavy (non-hydrogen) atoms. The van der Waals surface area contributed by atoms with Gasteiger partial charge >= 0.3 is 0 Å². The number of rotatable bonds is 4. The summed E-state index contributed by atoms with van der Waals surface area (Å²) in [6.07, 6.45) is 0. The summed E-state index contributed by atoms with van der Waals surface area (Å²) in [5.41, 5.74) is 0.739. The van der Waals surface area contributed by atoms with Crippen LogP contribution in [0.4, 0.5) is 5.69 Å². The molecule has 5 heteroatoms. The maximum atomic E-state index is 12.1. The van der Waals surface area contributed by atoms with Gasteiger partial charge in [-0.1, -0.05) is 19.9 Å². The fraction of sp³-hybridized carbons (Fsp3) is 0.385. The molecule has 98 valence electrons. The van der Waals surface area contributed by atoms with Crippen LogP contribution in [0.25, 0.3) is 0 Å². The van der Waals surface area contributed by atoms with Gasteiger partial charge in [0.2, 0.25) is 11.8 Å². The van der Waals surface area contributed by atoms with E-state index in [1.807, 2.05) is 38.1 Å². The quantitative estimate of drug-likeness (QED) is 0.811. The van der Waals surface area contributed by atoms with E-state index in [2.05, 4.69) is 33.2 Å². The molecular formula is C13H17IN2O2. The van der Waals surface area contributed by atoms with E-state index < -0.39 is 6.04 Å². The molecule has 1 rings (SSSR count). The Kier molecular flexibility index (Phi) is 5.58. The van der Waals surface area contributed by atoms with Gasteiger partial charge in [-0.15, -0.1) is 0 Å². The zero-order valence-corrected chi connectivity index (χ0v) is 12.8. The molecule has 1 aromatic rings. The number of nitrogens with one attached hydrogen (secondary N) is 2. The van der Waals surface area contributed by atoms with E-state index in [0.29, 0.717) is 0 Å². The highest BCUT2D eigenvalue weighted by atomic mass is 127. The van der Waals surface area contributed by atoms with Crippen LogP contribution in [0.15, 0.2) is 24.3 Å². The summed E-state index contributed by atoms with van der Waals surface area (Å²) in [5, 5.41) is 5.47. The molecule has 0 spiro atoms. The summed E-state index contributed by atoms with van der Waals surface area (Å²) in [7, 11) is 0. The lowest BCUT2D eigenvalue weighted by Crippen LogP contribution is -2.46. The lowest BCUT2D eigenvalue weighted by atomic mass is 10.0. The third-order valence-electron chi connectivity index (χ3n) is 2.40. The van der Waals surface area contributed by atoms with Crippen molar-refractivity contribution >= 4 is 40.1 Å². The minimum Gasteiger partial charge on any atom is -0.344 e. The topological polar surface area (TPSA) is 58.2 Å². The van der Waals surface area contributed by atoms with Gasteiger partial charge in [0.15, 0.2) is 0 Å². The van der Waals surface area contributed by atoms with Crippen molar-refractivity contribution in [3.05, 3.63) is 27.8 Å². The van der Waals surface area contributed by atoms with Crippen molar-refractivity contribution in [1.82, 2.24) is 5.32 Å². The van der Waals surface area contributed by atoms with Crippen LogP contribution in [0, 0.1) is 9.49 Å². The maximum absolute atomic E-state index is 12.1. The van der Waals surface area contributed by atoms with Crippen LogP contribution in [0.2, 0.25) is 0 Å². The molecule has 0 saturated heterocycles. The molecule has 1 aromatic carbocycles. The van der Waals surface area contributed by atoms with Gasteiger partial charge in [-0.05, 0) is 46.7 Å². The summed E-state index contributed by atoms with van der Waals surface area (Å²) in [6, 6.07) is 7.01. The predicted octanol–water partition coefficient (Wildman–Crippen LogP) is 2.39. The summed E-state index contributed by atoms with van der Waals surface area (Å²) in [4.78, 5) is 23.1. The zero-order valence-electron chi connectivity index (χ0n) is 10.7. The molecule has 0 aliphatic heterocycles. The molecule has 0 aliphatic carbocycles. The molecule has 0 fully saturated rings. The first-order valence-electron chi connectivity index (χ1n) is 5.73. The Hall–Kier alpha value is -1.11. The van der Waals surface area contributed by atoms with E-state index in [-0.39, 0.29) is 17.7 Å². The molecule has 2 N–H and O–H groups in total. The van der Waals surface area contributed by atoms with Crippen molar-refractivity contribution in [2.75, 3.05) is 5.32 Å². The number of halogens is 1. The predicted molar refractivity (Wildman–Crippen MR) is 80.2 cm³/mol. The van der Waals surface area contributed by atoms with Gasteiger partial charge in [0.25, 0.3) is 0 Å². The maximum Gasteiger partial charge on any atom is 0.247 e. The van der Waals surface area contributed by atoms with Crippen LogP contribution in [-0.4, -0.2) is 17.9 Å². The van der Waals surface area contributed by atoms with Gasteiger partial charge in [0.1, 0.15) is 6.04 Å². The first kappa shape index (κ1) is 14.9. The molecule has 4 nitrogen and oxygen atoms in total. The third kappa shape index (κ3) is 4.64.